The van der Waals surface area contributed by atoms with Crippen LogP contribution in [0.4, 0.5) is 4.79 Å². The van der Waals surface area contributed by atoms with E-state index in [0.29, 0.717) is 17.4 Å². The predicted molar refractivity (Wildman–Crippen MR) is 122 cm³/mol. The van der Waals surface area contributed by atoms with Crippen LogP contribution >= 0.6 is 0 Å². The molecule has 2 aromatic rings. The molecule has 1 saturated carbocycles. The van der Waals surface area contributed by atoms with Gasteiger partial charge in [-0.15, -0.1) is 0 Å². The van der Waals surface area contributed by atoms with Crippen molar-refractivity contribution >= 4 is 28.8 Å². The van der Waals surface area contributed by atoms with Gasteiger partial charge >= 0.3 is 12.0 Å². The highest BCUT2D eigenvalue weighted by atomic mass is 16.5. The molecular weight excluding hydrogens is 424 g/mol. The molecule has 2 N–H and O–H groups in total. The Balaban J connectivity index is 1.40. The molecule has 1 aliphatic heterocycles. The highest BCUT2D eigenvalue weighted by molar-refractivity contribution is 5.99. The van der Waals surface area contributed by atoms with E-state index in [1.165, 1.54) is 19.1 Å². The number of imide groups is 1. The van der Waals surface area contributed by atoms with E-state index in [4.69, 9.17) is 4.74 Å². The van der Waals surface area contributed by atoms with Crippen LogP contribution in [0, 0.1) is 0 Å². The van der Waals surface area contributed by atoms with Gasteiger partial charge in [0, 0.05) is 19.0 Å². The largest absolute Gasteiger partial charge is 0.449 e. The number of hydrogen-bond donors (Lipinski definition) is 2. The van der Waals surface area contributed by atoms with E-state index in [-0.39, 0.29) is 17.2 Å². The highest BCUT2D eigenvalue weighted by Crippen LogP contribution is 2.18. The van der Waals surface area contributed by atoms with Crippen molar-refractivity contribution in [1.29, 1.82) is 0 Å². The number of nitrogens with one attached hydrogen (secondary N) is 2. The number of ether oxygens (including phenoxy) is 1. The van der Waals surface area contributed by atoms with E-state index < -0.39 is 24.0 Å². The van der Waals surface area contributed by atoms with Crippen molar-refractivity contribution in [3.05, 3.63) is 39.9 Å². The van der Waals surface area contributed by atoms with E-state index >= 15 is 0 Å². The van der Waals surface area contributed by atoms with E-state index in [0.717, 1.165) is 63.6 Å². The van der Waals surface area contributed by atoms with Crippen molar-refractivity contribution in [3.8, 4) is 0 Å². The van der Waals surface area contributed by atoms with Crippen molar-refractivity contribution in [2.75, 3.05) is 0 Å². The van der Waals surface area contributed by atoms with Crippen LogP contribution in [0.1, 0.15) is 74.5 Å². The molecule has 1 fully saturated rings. The summed E-state index contributed by atoms with van der Waals surface area (Å²) in [5.41, 5.74) is 0.527. The molecule has 0 unspecified atom stereocenters. The Morgan fingerprint density at radius 1 is 1.09 bits per heavy atom. The fourth-order valence-electron chi connectivity index (χ4n) is 4.51. The zero-order chi connectivity index (χ0) is 23.4. The SMILES string of the molecule is C[C@H](OC(=O)c1ccc2c(=O)n3c(nc2c1)CCCCC3)C(=O)NC(=O)NC1CCCCC1. The van der Waals surface area contributed by atoms with Crippen LogP contribution in [0.3, 0.4) is 0 Å². The predicted octanol–water partition coefficient (Wildman–Crippen LogP) is 2.83. The number of nitrogens with zero attached hydrogens (tertiary/aromatic N) is 2. The topological polar surface area (TPSA) is 119 Å². The Hall–Kier alpha value is -3.23. The molecule has 33 heavy (non-hydrogen) atoms. The Labute approximate surface area is 191 Å². The van der Waals surface area contributed by atoms with Crippen LogP contribution in [0.25, 0.3) is 10.9 Å². The number of aromatic nitrogens is 2. The van der Waals surface area contributed by atoms with E-state index in [2.05, 4.69) is 15.6 Å². The minimum absolute atomic E-state index is 0.0635. The fraction of sp³-hybridized carbons (Fsp3) is 0.542. The number of hydrogen-bond acceptors (Lipinski definition) is 6. The van der Waals surface area contributed by atoms with Crippen molar-refractivity contribution in [2.45, 2.75) is 83.4 Å². The maximum absolute atomic E-state index is 12.8. The third-order valence-electron chi connectivity index (χ3n) is 6.38. The normalized spacial score (nSPS) is 17.5. The summed E-state index contributed by atoms with van der Waals surface area (Å²) in [7, 11) is 0. The van der Waals surface area contributed by atoms with Gasteiger partial charge in [0.05, 0.1) is 16.5 Å². The average Bonchev–Trinajstić information content (AvgIpc) is 3.05. The molecule has 0 saturated heterocycles. The molecule has 1 aromatic heterocycles. The molecule has 9 nitrogen and oxygen atoms in total. The first-order valence-corrected chi connectivity index (χ1v) is 11.8. The van der Waals surface area contributed by atoms with Crippen LogP contribution in [0.2, 0.25) is 0 Å². The van der Waals surface area contributed by atoms with Gasteiger partial charge in [0.1, 0.15) is 5.82 Å². The number of amides is 3. The minimum Gasteiger partial charge on any atom is -0.449 e. The van der Waals surface area contributed by atoms with Crippen molar-refractivity contribution in [1.82, 2.24) is 20.2 Å². The number of rotatable bonds is 4. The van der Waals surface area contributed by atoms with Crippen LogP contribution in [-0.4, -0.2) is 39.6 Å². The van der Waals surface area contributed by atoms with Gasteiger partial charge in [0.2, 0.25) is 0 Å². The van der Waals surface area contributed by atoms with Gasteiger partial charge in [-0.05, 0) is 50.8 Å². The number of esters is 1. The Morgan fingerprint density at radius 3 is 2.64 bits per heavy atom. The summed E-state index contributed by atoms with van der Waals surface area (Å²) in [6, 6.07) is 4.07. The molecule has 2 aliphatic rings. The zero-order valence-electron chi connectivity index (χ0n) is 18.9. The number of aryl methyl sites for hydroxylation is 1. The van der Waals surface area contributed by atoms with Gasteiger partial charge < -0.3 is 10.1 Å². The molecular formula is C24H30N4O5. The molecule has 1 aliphatic carbocycles. The zero-order valence-corrected chi connectivity index (χ0v) is 18.9. The lowest BCUT2D eigenvalue weighted by Gasteiger charge is -2.23. The molecule has 1 aromatic carbocycles. The minimum atomic E-state index is -1.16. The third-order valence-corrected chi connectivity index (χ3v) is 6.38. The number of carbonyl (C=O) groups excluding carboxylic acids is 3. The van der Waals surface area contributed by atoms with Crippen LogP contribution in [0.5, 0.6) is 0 Å². The van der Waals surface area contributed by atoms with Gasteiger partial charge in [-0.1, -0.05) is 25.7 Å². The number of benzene rings is 1. The Morgan fingerprint density at radius 2 is 1.85 bits per heavy atom. The second kappa shape index (κ2) is 10.1. The molecule has 0 spiro atoms. The monoisotopic (exact) mass is 454 g/mol. The maximum atomic E-state index is 12.8. The first-order chi connectivity index (χ1) is 15.9. The lowest BCUT2D eigenvalue weighted by atomic mass is 9.96. The summed E-state index contributed by atoms with van der Waals surface area (Å²) in [5.74, 6) is -0.685. The highest BCUT2D eigenvalue weighted by Gasteiger charge is 2.23. The molecule has 176 valence electrons. The molecule has 2 heterocycles. The second-order valence-electron chi connectivity index (χ2n) is 8.87. The van der Waals surface area contributed by atoms with Crippen molar-refractivity contribution in [3.63, 3.8) is 0 Å². The van der Waals surface area contributed by atoms with Gasteiger partial charge in [-0.25, -0.2) is 14.6 Å². The lowest BCUT2D eigenvalue weighted by molar-refractivity contribution is -0.127. The lowest BCUT2D eigenvalue weighted by Crippen LogP contribution is -2.48. The first kappa shape index (κ1) is 22.9. The first-order valence-electron chi connectivity index (χ1n) is 11.8. The van der Waals surface area contributed by atoms with Gasteiger partial charge in [0.15, 0.2) is 6.10 Å². The molecule has 0 bridgehead atoms. The summed E-state index contributed by atoms with van der Waals surface area (Å²) in [6.45, 7) is 2.06. The standard InChI is InChI=1S/C24H30N4O5/c1-15(21(29)27-24(32)25-17-8-4-2-5-9-17)33-23(31)16-11-12-18-19(14-16)26-20-10-6-3-7-13-28(20)22(18)30/h11-12,14-15,17H,2-10,13H2,1H3,(H2,25,27,29,32)/t15-/m0/s1. The van der Waals surface area contributed by atoms with E-state index in [1.807, 2.05) is 0 Å². The van der Waals surface area contributed by atoms with Crippen molar-refractivity contribution < 1.29 is 19.1 Å². The summed E-state index contributed by atoms with van der Waals surface area (Å²) in [6.07, 6.45) is 7.61. The Kier molecular flexibility index (Phi) is 7.05. The summed E-state index contributed by atoms with van der Waals surface area (Å²) in [4.78, 5) is 54.5. The van der Waals surface area contributed by atoms with Crippen LogP contribution in [0.15, 0.2) is 23.0 Å². The number of carbonyl (C=O) groups is 3. The smallest absolute Gasteiger partial charge is 0.338 e. The molecule has 9 heteroatoms. The third kappa shape index (κ3) is 5.40. The van der Waals surface area contributed by atoms with E-state index in [9.17, 15) is 19.2 Å². The fourth-order valence-corrected chi connectivity index (χ4v) is 4.51. The average molecular weight is 455 g/mol. The summed E-state index contributed by atoms with van der Waals surface area (Å²) < 4.78 is 6.98. The summed E-state index contributed by atoms with van der Waals surface area (Å²) >= 11 is 0. The second-order valence-corrected chi connectivity index (χ2v) is 8.87. The maximum Gasteiger partial charge on any atom is 0.338 e. The quantitative estimate of drug-likeness (QED) is 0.686. The molecule has 4 rings (SSSR count). The van der Waals surface area contributed by atoms with Crippen LogP contribution < -0.4 is 16.2 Å². The Bertz CT molecular complexity index is 1120. The van der Waals surface area contributed by atoms with Gasteiger partial charge in [-0.2, -0.15) is 0 Å². The molecule has 0 radical (unpaired) electrons. The van der Waals surface area contributed by atoms with Crippen LogP contribution in [-0.2, 0) is 22.5 Å². The van der Waals surface area contributed by atoms with Gasteiger partial charge in [-0.3, -0.25) is 19.5 Å². The van der Waals surface area contributed by atoms with Gasteiger partial charge in [0.25, 0.3) is 11.5 Å². The van der Waals surface area contributed by atoms with Crippen molar-refractivity contribution in [2.24, 2.45) is 0 Å². The van der Waals surface area contributed by atoms with E-state index in [1.54, 1.807) is 10.6 Å². The molecule has 1 atom stereocenters. The molecule has 3 amide bonds. The summed E-state index contributed by atoms with van der Waals surface area (Å²) in [5, 5.41) is 5.48. The number of urea groups is 1. The number of fused-ring (bicyclic) bond motifs is 2.